The number of nitrogens with one attached hydrogen (secondary N) is 1. The zero-order valence-corrected chi connectivity index (χ0v) is 13.1. The first-order valence-corrected chi connectivity index (χ1v) is 7.49. The third-order valence-corrected chi connectivity index (χ3v) is 4.02. The molecule has 1 N–H and O–H groups in total. The highest BCUT2D eigenvalue weighted by Crippen LogP contribution is 2.31. The first-order valence-electron chi connectivity index (χ1n) is 6.67. The summed E-state index contributed by atoms with van der Waals surface area (Å²) in [7, 11) is 1.58. The van der Waals surface area contributed by atoms with Gasteiger partial charge in [0.05, 0.1) is 12.3 Å². The van der Waals surface area contributed by atoms with Crippen LogP contribution in [0.2, 0.25) is 0 Å². The Balaban J connectivity index is 2.35. The summed E-state index contributed by atoms with van der Waals surface area (Å²) in [6, 6.07) is 3.72. The Morgan fingerprint density at radius 2 is 2.10 bits per heavy atom. The Morgan fingerprint density at radius 1 is 1.33 bits per heavy atom. The Hall–Kier alpha value is -1.37. The maximum atomic E-state index is 13.8. The molecule has 0 saturated carbocycles. The fourth-order valence-corrected chi connectivity index (χ4v) is 2.88. The summed E-state index contributed by atoms with van der Waals surface area (Å²) in [4.78, 5) is 5.37. The minimum atomic E-state index is -0.475. The van der Waals surface area contributed by atoms with E-state index in [1.54, 1.807) is 7.11 Å². The molecular weight excluding hydrogens is 294 g/mol. The normalized spacial score (nSPS) is 11.3. The molecule has 21 heavy (non-hydrogen) atoms. The SMILES string of the molecule is COCc1nc(-c2cc(F)ccc2F)sc1CNC(C)C. The smallest absolute Gasteiger partial charge is 0.133 e. The van der Waals surface area contributed by atoms with Crippen LogP contribution in [0.25, 0.3) is 10.6 Å². The lowest BCUT2D eigenvalue weighted by atomic mass is 10.2. The average Bonchev–Trinajstić information content (AvgIpc) is 2.83. The van der Waals surface area contributed by atoms with Crippen LogP contribution < -0.4 is 5.32 Å². The number of hydrogen-bond donors (Lipinski definition) is 1. The van der Waals surface area contributed by atoms with Gasteiger partial charge in [-0.15, -0.1) is 11.3 Å². The van der Waals surface area contributed by atoms with Crippen LogP contribution in [0.5, 0.6) is 0 Å². The molecule has 0 saturated heterocycles. The Kier molecular flexibility index (Phi) is 5.39. The van der Waals surface area contributed by atoms with Crippen molar-refractivity contribution in [1.82, 2.24) is 10.3 Å². The maximum Gasteiger partial charge on any atom is 0.133 e. The number of benzene rings is 1. The lowest BCUT2D eigenvalue weighted by Gasteiger charge is -2.07. The summed E-state index contributed by atoms with van der Waals surface area (Å²) in [5, 5.41) is 3.77. The molecular formula is C15H18F2N2OS. The molecule has 0 aliphatic carbocycles. The summed E-state index contributed by atoms with van der Waals surface area (Å²) >= 11 is 1.36. The van der Waals surface area contributed by atoms with E-state index < -0.39 is 11.6 Å². The molecule has 3 nitrogen and oxygen atoms in total. The number of methoxy groups -OCH3 is 1. The third-order valence-electron chi connectivity index (χ3n) is 2.89. The molecule has 0 amide bonds. The van der Waals surface area contributed by atoms with Gasteiger partial charge in [0.1, 0.15) is 16.6 Å². The van der Waals surface area contributed by atoms with Crippen molar-refractivity contribution in [1.29, 1.82) is 0 Å². The molecule has 1 heterocycles. The van der Waals surface area contributed by atoms with Crippen molar-refractivity contribution >= 4 is 11.3 Å². The van der Waals surface area contributed by atoms with Crippen LogP contribution >= 0.6 is 11.3 Å². The minimum absolute atomic E-state index is 0.188. The number of rotatable bonds is 6. The van der Waals surface area contributed by atoms with Gasteiger partial charge in [-0.25, -0.2) is 13.8 Å². The predicted molar refractivity (Wildman–Crippen MR) is 80.2 cm³/mol. The lowest BCUT2D eigenvalue weighted by Crippen LogP contribution is -2.21. The van der Waals surface area contributed by atoms with Gasteiger partial charge in [0.25, 0.3) is 0 Å². The van der Waals surface area contributed by atoms with Crippen molar-refractivity contribution in [3.63, 3.8) is 0 Å². The highest BCUT2D eigenvalue weighted by atomic mass is 32.1. The molecule has 0 aliphatic rings. The third kappa shape index (κ3) is 4.06. The number of halogens is 2. The summed E-state index contributed by atoms with van der Waals surface area (Å²) < 4.78 is 32.3. The number of hydrogen-bond acceptors (Lipinski definition) is 4. The van der Waals surface area contributed by atoms with Crippen LogP contribution in [-0.2, 0) is 17.9 Å². The van der Waals surface area contributed by atoms with Gasteiger partial charge in [0.15, 0.2) is 0 Å². The second-order valence-corrected chi connectivity index (χ2v) is 6.07. The Morgan fingerprint density at radius 3 is 2.76 bits per heavy atom. The van der Waals surface area contributed by atoms with E-state index in [0.29, 0.717) is 24.2 Å². The van der Waals surface area contributed by atoms with Crippen LogP contribution in [-0.4, -0.2) is 18.1 Å². The topological polar surface area (TPSA) is 34.1 Å². The molecule has 0 aliphatic heterocycles. The summed E-state index contributed by atoms with van der Waals surface area (Å²) in [6.07, 6.45) is 0. The molecule has 0 spiro atoms. The van der Waals surface area contributed by atoms with Crippen LogP contribution in [0.15, 0.2) is 18.2 Å². The molecule has 0 fully saturated rings. The van der Waals surface area contributed by atoms with Gasteiger partial charge in [0.2, 0.25) is 0 Å². The Labute approximate surface area is 127 Å². The molecule has 114 valence electrons. The van der Waals surface area contributed by atoms with Crippen LogP contribution in [0.3, 0.4) is 0 Å². The van der Waals surface area contributed by atoms with Crippen molar-refractivity contribution in [2.75, 3.05) is 7.11 Å². The molecule has 2 rings (SSSR count). The zero-order valence-electron chi connectivity index (χ0n) is 12.2. The standard InChI is InChI=1S/C15H18F2N2OS/c1-9(2)18-7-14-13(8-20-3)19-15(21-14)11-6-10(16)4-5-12(11)17/h4-6,9,18H,7-8H2,1-3H3. The second-order valence-electron chi connectivity index (χ2n) is 4.98. The number of ether oxygens (including phenoxy) is 1. The van der Waals surface area contributed by atoms with Gasteiger partial charge in [-0.1, -0.05) is 13.8 Å². The average molecular weight is 312 g/mol. The van der Waals surface area contributed by atoms with Crippen molar-refractivity contribution < 1.29 is 13.5 Å². The minimum Gasteiger partial charge on any atom is -0.378 e. The molecule has 0 bridgehead atoms. The first kappa shape index (κ1) is 16.0. The van der Waals surface area contributed by atoms with E-state index in [-0.39, 0.29) is 5.56 Å². The van der Waals surface area contributed by atoms with Crippen molar-refractivity contribution in [2.45, 2.75) is 33.0 Å². The fraction of sp³-hybridized carbons (Fsp3) is 0.400. The molecule has 0 atom stereocenters. The van der Waals surface area contributed by atoms with Gasteiger partial charge in [0, 0.05) is 30.1 Å². The molecule has 2 aromatic rings. The molecule has 0 radical (unpaired) electrons. The number of aromatic nitrogens is 1. The van der Waals surface area contributed by atoms with Crippen molar-refractivity contribution in [2.24, 2.45) is 0 Å². The van der Waals surface area contributed by atoms with Gasteiger partial charge >= 0.3 is 0 Å². The number of thiazole rings is 1. The summed E-state index contributed by atoms with van der Waals surface area (Å²) in [6.45, 7) is 5.07. The van der Waals surface area contributed by atoms with E-state index in [9.17, 15) is 8.78 Å². The zero-order chi connectivity index (χ0) is 15.4. The van der Waals surface area contributed by atoms with Crippen LogP contribution in [0.1, 0.15) is 24.4 Å². The van der Waals surface area contributed by atoms with Gasteiger partial charge in [-0.05, 0) is 18.2 Å². The molecule has 0 unspecified atom stereocenters. The maximum absolute atomic E-state index is 13.8. The van der Waals surface area contributed by atoms with Gasteiger partial charge < -0.3 is 10.1 Å². The van der Waals surface area contributed by atoms with Crippen LogP contribution in [0, 0.1) is 11.6 Å². The molecule has 1 aromatic heterocycles. The van der Waals surface area contributed by atoms with Crippen molar-refractivity contribution in [3.8, 4) is 10.6 Å². The first-order chi connectivity index (χ1) is 10.0. The summed E-state index contributed by atoms with van der Waals surface area (Å²) in [5.74, 6) is -0.950. The van der Waals surface area contributed by atoms with Crippen molar-refractivity contribution in [3.05, 3.63) is 40.4 Å². The fourth-order valence-electron chi connectivity index (χ4n) is 1.84. The molecule has 6 heteroatoms. The summed E-state index contributed by atoms with van der Waals surface area (Å²) in [5.41, 5.74) is 0.947. The largest absolute Gasteiger partial charge is 0.378 e. The number of nitrogens with zero attached hydrogens (tertiary/aromatic N) is 1. The van der Waals surface area contributed by atoms with E-state index in [4.69, 9.17) is 4.74 Å². The second kappa shape index (κ2) is 7.06. The monoisotopic (exact) mass is 312 g/mol. The van der Waals surface area contributed by atoms with Crippen LogP contribution in [0.4, 0.5) is 8.78 Å². The quantitative estimate of drug-likeness (QED) is 0.882. The van der Waals surface area contributed by atoms with E-state index in [2.05, 4.69) is 10.3 Å². The van der Waals surface area contributed by atoms with E-state index >= 15 is 0 Å². The Bertz CT molecular complexity index is 614. The van der Waals surface area contributed by atoms with E-state index in [1.807, 2.05) is 13.8 Å². The van der Waals surface area contributed by atoms with E-state index in [1.165, 1.54) is 17.4 Å². The predicted octanol–water partition coefficient (Wildman–Crippen LogP) is 3.73. The highest BCUT2D eigenvalue weighted by Gasteiger charge is 2.16. The highest BCUT2D eigenvalue weighted by molar-refractivity contribution is 7.15. The molecule has 1 aromatic carbocycles. The lowest BCUT2D eigenvalue weighted by molar-refractivity contribution is 0.181. The van der Waals surface area contributed by atoms with Gasteiger partial charge in [-0.3, -0.25) is 0 Å². The van der Waals surface area contributed by atoms with E-state index in [0.717, 1.165) is 22.7 Å². The van der Waals surface area contributed by atoms with Gasteiger partial charge in [-0.2, -0.15) is 0 Å².